The number of hydrogen-bond acceptors (Lipinski definition) is 2. The van der Waals surface area contributed by atoms with Crippen LogP contribution in [0.3, 0.4) is 0 Å². The van der Waals surface area contributed by atoms with E-state index in [1.54, 1.807) is 6.07 Å². The van der Waals surface area contributed by atoms with Crippen molar-refractivity contribution in [3.63, 3.8) is 0 Å². The SMILES string of the molecule is N#Cc1ccc(OC(F)(F)F)cc1-c1cccc(F)c1F. The second-order valence-electron chi connectivity index (χ2n) is 3.97. The lowest BCUT2D eigenvalue weighted by Crippen LogP contribution is -2.17. The molecule has 0 radical (unpaired) electrons. The number of halogens is 5. The number of hydrogen-bond donors (Lipinski definition) is 0. The maximum Gasteiger partial charge on any atom is 0.573 e. The van der Waals surface area contributed by atoms with Crippen LogP contribution in [0.25, 0.3) is 11.1 Å². The molecule has 108 valence electrons. The molecule has 2 aromatic carbocycles. The molecular formula is C14H6F5NO. The Labute approximate surface area is 116 Å². The van der Waals surface area contributed by atoms with Crippen molar-refractivity contribution in [3.05, 3.63) is 53.6 Å². The Morgan fingerprint density at radius 1 is 1.00 bits per heavy atom. The van der Waals surface area contributed by atoms with E-state index in [4.69, 9.17) is 5.26 Å². The smallest absolute Gasteiger partial charge is 0.406 e. The van der Waals surface area contributed by atoms with Crippen molar-refractivity contribution in [2.75, 3.05) is 0 Å². The molecule has 0 spiro atoms. The molecule has 0 bridgehead atoms. The van der Waals surface area contributed by atoms with Crippen molar-refractivity contribution in [1.29, 1.82) is 5.26 Å². The zero-order valence-corrected chi connectivity index (χ0v) is 10.2. The maximum absolute atomic E-state index is 13.7. The van der Waals surface area contributed by atoms with Gasteiger partial charge in [-0.2, -0.15) is 5.26 Å². The number of ether oxygens (including phenoxy) is 1. The topological polar surface area (TPSA) is 33.0 Å². The van der Waals surface area contributed by atoms with Crippen LogP contribution >= 0.6 is 0 Å². The van der Waals surface area contributed by atoms with Gasteiger partial charge in [0.2, 0.25) is 0 Å². The summed E-state index contributed by atoms with van der Waals surface area (Å²) in [6.45, 7) is 0. The van der Waals surface area contributed by atoms with Crippen LogP contribution < -0.4 is 4.74 Å². The summed E-state index contributed by atoms with van der Waals surface area (Å²) < 4.78 is 67.2. The first-order valence-electron chi connectivity index (χ1n) is 5.56. The van der Waals surface area contributed by atoms with Gasteiger partial charge in [-0.15, -0.1) is 13.2 Å². The molecule has 21 heavy (non-hydrogen) atoms. The molecule has 0 aliphatic carbocycles. The molecule has 7 heteroatoms. The van der Waals surface area contributed by atoms with Crippen LogP contribution in [0.5, 0.6) is 5.75 Å². The first-order chi connectivity index (χ1) is 9.81. The van der Waals surface area contributed by atoms with Gasteiger partial charge in [-0.1, -0.05) is 12.1 Å². The first-order valence-corrected chi connectivity index (χ1v) is 5.56. The van der Waals surface area contributed by atoms with Gasteiger partial charge in [0.1, 0.15) is 5.75 Å². The van der Waals surface area contributed by atoms with Gasteiger partial charge < -0.3 is 4.74 Å². The van der Waals surface area contributed by atoms with Gasteiger partial charge in [0.15, 0.2) is 11.6 Å². The summed E-state index contributed by atoms with van der Waals surface area (Å²) >= 11 is 0. The van der Waals surface area contributed by atoms with Gasteiger partial charge in [-0.05, 0) is 24.3 Å². The van der Waals surface area contributed by atoms with Crippen molar-refractivity contribution in [2.24, 2.45) is 0 Å². The molecule has 2 rings (SSSR count). The standard InChI is InChI=1S/C14H6F5NO/c15-12-3-1-2-10(13(12)16)11-6-9(21-14(17,18)19)5-4-8(11)7-20/h1-6H. The van der Waals surface area contributed by atoms with E-state index < -0.39 is 23.7 Å². The number of benzene rings is 2. The Balaban J connectivity index is 2.58. The van der Waals surface area contributed by atoms with E-state index in [1.165, 1.54) is 6.07 Å². The molecule has 0 saturated heterocycles. The zero-order valence-electron chi connectivity index (χ0n) is 10.2. The molecule has 0 atom stereocenters. The summed E-state index contributed by atoms with van der Waals surface area (Å²) in [5.41, 5.74) is -0.607. The van der Waals surface area contributed by atoms with E-state index in [-0.39, 0.29) is 16.7 Å². The molecule has 0 N–H and O–H groups in total. The molecule has 0 aliphatic heterocycles. The Bertz CT molecular complexity index is 718. The minimum Gasteiger partial charge on any atom is -0.406 e. The van der Waals surface area contributed by atoms with Crippen molar-refractivity contribution >= 4 is 0 Å². The Hall–Kier alpha value is -2.62. The van der Waals surface area contributed by atoms with Crippen molar-refractivity contribution < 1.29 is 26.7 Å². The molecule has 0 unspecified atom stereocenters. The summed E-state index contributed by atoms with van der Waals surface area (Å²) in [6.07, 6.45) is -4.92. The van der Waals surface area contributed by atoms with Crippen molar-refractivity contribution in [1.82, 2.24) is 0 Å². The first kappa shape index (κ1) is 14.8. The lowest BCUT2D eigenvalue weighted by atomic mass is 9.99. The van der Waals surface area contributed by atoms with E-state index in [1.807, 2.05) is 0 Å². The maximum atomic E-state index is 13.7. The summed E-state index contributed by atoms with van der Waals surface area (Å²) in [5.74, 6) is -3.04. The quantitative estimate of drug-likeness (QED) is 0.770. The molecule has 2 nitrogen and oxygen atoms in total. The number of nitriles is 1. The highest BCUT2D eigenvalue weighted by molar-refractivity contribution is 5.72. The Kier molecular flexibility index (Phi) is 3.80. The zero-order chi connectivity index (χ0) is 15.6. The summed E-state index contributed by atoms with van der Waals surface area (Å²) in [6, 6.07) is 7.72. The molecule has 0 amide bonds. The molecule has 2 aromatic rings. The molecule has 0 heterocycles. The van der Waals surface area contributed by atoms with E-state index in [2.05, 4.69) is 4.74 Å². The Morgan fingerprint density at radius 3 is 2.33 bits per heavy atom. The summed E-state index contributed by atoms with van der Waals surface area (Å²) in [7, 11) is 0. The third kappa shape index (κ3) is 3.28. The van der Waals surface area contributed by atoms with Crippen molar-refractivity contribution in [3.8, 4) is 22.9 Å². The molecular weight excluding hydrogens is 293 g/mol. The van der Waals surface area contributed by atoms with Gasteiger partial charge in [0.05, 0.1) is 11.6 Å². The molecule has 0 aromatic heterocycles. The van der Waals surface area contributed by atoms with Gasteiger partial charge in [-0.25, -0.2) is 8.78 Å². The second-order valence-corrected chi connectivity index (χ2v) is 3.97. The van der Waals surface area contributed by atoms with Gasteiger partial charge >= 0.3 is 6.36 Å². The van der Waals surface area contributed by atoms with Crippen LogP contribution in [0.2, 0.25) is 0 Å². The molecule has 0 saturated carbocycles. The predicted molar refractivity (Wildman–Crippen MR) is 63.2 cm³/mol. The number of rotatable bonds is 2. The monoisotopic (exact) mass is 299 g/mol. The van der Waals surface area contributed by atoms with Crippen LogP contribution in [0.1, 0.15) is 5.56 Å². The average Bonchev–Trinajstić information content (AvgIpc) is 2.40. The number of alkyl halides is 3. The van der Waals surface area contributed by atoms with Gasteiger partial charge in [-0.3, -0.25) is 0 Å². The fourth-order valence-corrected chi connectivity index (χ4v) is 1.75. The lowest BCUT2D eigenvalue weighted by Gasteiger charge is -2.12. The van der Waals surface area contributed by atoms with E-state index in [9.17, 15) is 22.0 Å². The normalized spacial score (nSPS) is 11.0. The van der Waals surface area contributed by atoms with Crippen molar-refractivity contribution in [2.45, 2.75) is 6.36 Å². The Morgan fingerprint density at radius 2 is 1.71 bits per heavy atom. The highest BCUT2D eigenvalue weighted by Gasteiger charge is 2.31. The summed E-state index contributed by atoms with van der Waals surface area (Å²) in [4.78, 5) is 0. The number of nitrogens with zero attached hydrogens (tertiary/aromatic N) is 1. The fraction of sp³-hybridized carbons (Fsp3) is 0.0714. The van der Waals surface area contributed by atoms with E-state index in [0.29, 0.717) is 0 Å². The van der Waals surface area contributed by atoms with E-state index >= 15 is 0 Å². The minimum absolute atomic E-state index is 0.103. The molecule has 0 aliphatic rings. The van der Waals surface area contributed by atoms with Crippen LogP contribution in [0, 0.1) is 23.0 Å². The lowest BCUT2D eigenvalue weighted by molar-refractivity contribution is -0.274. The highest BCUT2D eigenvalue weighted by atomic mass is 19.4. The predicted octanol–water partition coefficient (Wildman–Crippen LogP) is 4.40. The molecule has 0 fully saturated rings. The van der Waals surface area contributed by atoms with Gasteiger partial charge in [0, 0.05) is 11.1 Å². The third-order valence-electron chi connectivity index (χ3n) is 2.59. The second kappa shape index (κ2) is 5.40. The highest BCUT2D eigenvalue weighted by Crippen LogP contribution is 2.32. The fourth-order valence-electron chi connectivity index (χ4n) is 1.75. The van der Waals surface area contributed by atoms with Crippen LogP contribution in [-0.2, 0) is 0 Å². The van der Waals surface area contributed by atoms with Crippen LogP contribution in [0.15, 0.2) is 36.4 Å². The summed E-state index contributed by atoms with van der Waals surface area (Å²) in [5, 5.41) is 8.93. The van der Waals surface area contributed by atoms with Gasteiger partial charge in [0.25, 0.3) is 0 Å². The van der Waals surface area contributed by atoms with Crippen LogP contribution in [-0.4, -0.2) is 6.36 Å². The largest absolute Gasteiger partial charge is 0.573 e. The van der Waals surface area contributed by atoms with E-state index in [0.717, 1.165) is 30.3 Å². The third-order valence-corrected chi connectivity index (χ3v) is 2.59. The van der Waals surface area contributed by atoms with Crippen LogP contribution in [0.4, 0.5) is 22.0 Å². The minimum atomic E-state index is -4.92. The average molecular weight is 299 g/mol.